The van der Waals surface area contributed by atoms with Crippen LogP contribution in [0.4, 0.5) is 52.7 Å². The molecule has 530 valence electrons. The van der Waals surface area contributed by atoms with E-state index in [2.05, 4.69) is 27.7 Å². The van der Waals surface area contributed by atoms with Crippen LogP contribution in [0.25, 0.3) is 0 Å². The molecule has 0 unspecified atom stereocenters. The smallest absolute Gasteiger partial charge is 0.194 e. The van der Waals surface area contributed by atoms with Crippen molar-refractivity contribution in [3.63, 3.8) is 0 Å². The number of benzene rings is 4. The van der Waals surface area contributed by atoms with Crippen molar-refractivity contribution in [2.75, 3.05) is 0 Å². The van der Waals surface area contributed by atoms with E-state index in [9.17, 15) is 52.7 Å². The summed E-state index contributed by atoms with van der Waals surface area (Å²) in [6.07, 6.45) is 48.3. The van der Waals surface area contributed by atoms with Crippen LogP contribution >= 0.6 is 0 Å². The van der Waals surface area contributed by atoms with Crippen molar-refractivity contribution in [1.29, 1.82) is 0 Å². The van der Waals surface area contributed by atoms with Crippen LogP contribution in [-0.2, 0) is 0 Å². The maximum Gasteiger partial charge on any atom is 0.194 e. The van der Waals surface area contributed by atoms with Crippen LogP contribution in [0, 0.1) is 141 Å². The highest BCUT2D eigenvalue weighted by molar-refractivity contribution is 5.27. The van der Waals surface area contributed by atoms with E-state index in [1.165, 1.54) is 196 Å². The third kappa shape index (κ3) is 21.1. The maximum absolute atomic E-state index is 13.5. The fraction of sp³-hybridized carbons (Fsp3) is 0.711. The highest BCUT2D eigenvalue weighted by Gasteiger charge is 2.36. The molecule has 12 rings (SSSR count). The van der Waals surface area contributed by atoms with Crippen molar-refractivity contribution < 1.29 is 52.7 Å². The molecule has 0 radical (unpaired) electrons. The summed E-state index contributed by atoms with van der Waals surface area (Å²) in [5.74, 6) is -2.94. The lowest BCUT2D eigenvalue weighted by Crippen LogP contribution is -2.25. The molecule has 0 aromatic heterocycles. The van der Waals surface area contributed by atoms with Gasteiger partial charge >= 0.3 is 0 Å². The van der Waals surface area contributed by atoms with E-state index in [-0.39, 0.29) is 23.7 Å². The Morgan fingerprint density at radius 3 is 0.674 bits per heavy atom. The number of hydrogen-bond acceptors (Lipinski definition) is 0. The van der Waals surface area contributed by atoms with Gasteiger partial charge in [0.05, 0.1) is 0 Å². The first-order valence-corrected chi connectivity index (χ1v) is 38.4. The molecule has 8 saturated carbocycles. The minimum atomic E-state index is -1.35. The molecule has 4 aromatic rings. The predicted molar refractivity (Wildman–Crippen MR) is 361 cm³/mol. The highest BCUT2D eigenvalue weighted by atomic mass is 19.2. The topological polar surface area (TPSA) is 0 Å². The maximum atomic E-state index is 13.5. The molecule has 0 nitrogen and oxygen atoms in total. The van der Waals surface area contributed by atoms with Gasteiger partial charge in [-0.1, -0.05) is 124 Å². The molecule has 0 heterocycles. The minimum Gasteiger partial charge on any atom is -0.204 e. The minimum absolute atomic E-state index is 0.182. The van der Waals surface area contributed by atoms with Crippen molar-refractivity contribution in [3.8, 4) is 0 Å². The Hall–Kier alpha value is -3.96. The van der Waals surface area contributed by atoms with Gasteiger partial charge < -0.3 is 0 Å². The van der Waals surface area contributed by atoms with Crippen LogP contribution < -0.4 is 0 Å². The third-order valence-corrected chi connectivity index (χ3v) is 25.9. The summed E-state index contributed by atoms with van der Waals surface area (Å²) in [6.45, 7) is 9.17. The fourth-order valence-corrected chi connectivity index (χ4v) is 19.8. The molecule has 0 amide bonds. The van der Waals surface area contributed by atoms with E-state index in [1.54, 1.807) is 0 Å². The second kappa shape index (κ2) is 36.9. The van der Waals surface area contributed by atoms with Crippen LogP contribution in [0.5, 0.6) is 0 Å². The fourth-order valence-electron chi connectivity index (χ4n) is 19.8. The van der Waals surface area contributed by atoms with E-state index in [1.807, 2.05) is 0 Å². The summed E-state index contributed by atoms with van der Waals surface area (Å²) < 4.78 is 160. The zero-order valence-corrected chi connectivity index (χ0v) is 58.0. The molecule has 8 fully saturated rings. The average Bonchev–Trinajstić information content (AvgIpc) is 1.20. The summed E-state index contributed by atoms with van der Waals surface area (Å²) in [7, 11) is 0. The Balaban J connectivity index is 0.000000149. The normalized spacial score (nSPS) is 31.4. The first-order chi connectivity index (χ1) is 45.8. The first-order valence-electron chi connectivity index (χ1n) is 38.4. The molecule has 0 saturated heterocycles. The molecule has 0 atom stereocenters. The van der Waals surface area contributed by atoms with Crippen LogP contribution in [0.1, 0.15) is 324 Å². The van der Waals surface area contributed by atoms with Gasteiger partial charge in [-0.3, -0.25) is 0 Å². The molecule has 12 heteroatoms. The predicted octanol–water partition coefficient (Wildman–Crippen LogP) is 27.5. The second-order valence-corrected chi connectivity index (χ2v) is 31.7. The summed E-state index contributed by atoms with van der Waals surface area (Å²) in [5.41, 5.74) is 2.54. The molecule has 0 spiro atoms. The molecule has 4 aromatic carbocycles. The zero-order chi connectivity index (χ0) is 67.7. The van der Waals surface area contributed by atoms with Gasteiger partial charge in [0, 0.05) is 0 Å². The monoisotopic (exact) mass is 1340 g/mol. The summed E-state index contributed by atoms with van der Waals surface area (Å²) in [5, 5.41) is 0. The van der Waals surface area contributed by atoms with Crippen molar-refractivity contribution >= 4 is 0 Å². The molecule has 0 aliphatic heterocycles. The van der Waals surface area contributed by atoms with Crippen LogP contribution in [0.3, 0.4) is 0 Å². The van der Waals surface area contributed by atoms with E-state index in [0.717, 1.165) is 174 Å². The number of halogens is 12. The average molecular weight is 1340 g/mol. The summed E-state index contributed by atoms with van der Waals surface area (Å²) >= 11 is 0. The largest absolute Gasteiger partial charge is 0.204 e. The van der Waals surface area contributed by atoms with Gasteiger partial charge in [0.1, 0.15) is 0 Å². The van der Waals surface area contributed by atoms with Gasteiger partial charge in [-0.15, -0.1) is 0 Å². The molecule has 0 N–H and O–H groups in total. The lowest BCUT2D eigenvalue weighted by molar-refractivity contribution is 0.155. The Labute approximate surface area is 563 Å². The van der Waals surface area contributed by atoms with Gasteiger partial charge in [0.2, 0.25) is 0 Å². The number of unbranched alkanes of at least 4 members (excludes halogenated alkanes) is 2. The Bertz CT molecular complexity index is 2840. The second-order valence-electron chi connectivity index (χ2n) is 31.7. The summed E-state index contributed by atoms with van der Waals surface area (Å²) in [4.78, 5) is 0. The Morgan fingerprint density at radius 1 is 0.242 bits per heavy atom. The molecule has 95 heavy (non-hydrogen) atoms. The molecular weight excluding hydrogens is 1220 g/mol. The van der Waals surface area contributed by atoms with Crippen molar-refractivity contribution in [1.82, 2.24) is 0 Å². The van der Waals surface area contributed by atoms with E-state index < -0.39 is 69.8 Å². The lowest BCUT2D eigenvalue weighted by Gasteiger charge is -2.38. The quantitative estimate of drug-likeness (QED) is 0.0632. The van der Waals surface area contributed by atoms with Crippen LogP contribution in [0.15, 0.2) is 48.5 Å². The van der Waals surface area contributed by atoms with Gasteiger partial charge in [0.15, 0.2) is 69.8 Å². The zero-order valence-electron chi connectivity index (χ0n) is 58.0. The van der Waals surface area contributed by atoms with Gasteiger partial charge in [-0.05, 0) is 320 Å². The Morgan fingerprint density at radius 2 is 0.453 bits per heavy atom. The Kier molecular flexibility index (Phi) is 29.2. The molecule has 8 aliphatic carbocycles. The van der Waals surface area contributed by atoms with E-state index >= 15 is 0 Å². The van der Waals surface area contributed by atoms with E-state index in [0.29, 0.717) is 22.3 Å². The van der Waals surface area contributed by atoms with Crippen molar-refractivity contribution in [3.05, 3.63) is 141 Å². The van der Waals surface area contributed by atoms with Gasteiger partial charge in [0.25, 0.3) is 0 Å². The van der Waals surface area contributed by atoms with Crippen LogP contribution in [0.2, 0.25) is 0 Å². The molecule has 0 bridgehead atoms. The van der Waals surface area contributed by atoms with Gasteiger partial charge in [-0.2, -0.15) is 0 Å². The first kappa shape index (κ1) is 75.2. The SMILES string of the molecule is CC1CCC(C2CCC(c3cc(F)c(F)c(F)c3)CC2)CC1.CCC1CCC(C2CCC(c3cc(F)c(F)c(F)c3)CC2)CC1.CCCC1CCC(C2CCC(c3cc(F)c(F)c(F)c3)CC2)CC1.CCCCCC1CCC(C2CCC(c3cc(F)c(F)c(F)c3)CC2)CC1. The number of hydrogen-bond donors (Lipinski definition) is 0. The molecule has 8 aliphatic rings. The van der Waals surface area contributed by atoms with Gasteiger partial charge in [-0.25, -0.2) is 52.7 Å². The highest BCUT2D eigenvalue weighted by Crippen LogP contribution is 2.49. The van der Waals surface area contributed by atoms with Crippen molar-refractivity contribution in [2.45, 2.75) is 302 Å². The van der Waals surface area contributed by atoms with E-state index in [4.69, 9.17) is 0 Å². The standard InChI is InChI=1S/C23H33F3.C21H29F3.C20H27F3.C19H25F3/c1-2-3-4-5-16-6-8-17(9-7-16)18-10-12-19(13-11-18)20-14-21(24)23(26)22(25)15-20;1-2-3-14-4-6-15(7-5-14)16-8-10-17(11-9-16)18-12-19(22)21(24)20(23)13-18;1-2-13-3-5-14(6-4-13)15-7-9-16(10-8-15)17-11-18(21)20(23)19(22)12-17;1-12-2-4-13(5-3-12)14-6-8-15(9-7-14)16-10-17(20)19(22)18(21)11-16/h14-19H,2-13H2,1H3;12-17H,2-11H2,1H3;11-16H,2-10H2,1H3;10-15H,2-9H2,1H3. The van der Waals surface area contributed by atoms with Crippen molar-refractivity contribution in [2.24, 2.45) is 71.0 Å². The van der Waals surface area contributed by atoms with Crippen LogP contribution in [-0.4, -0.2) is 0 Å². The molecular formula is C83H114F12. The number of rotatable bonds is 15. The lowest BCUT2D eigenvalue weighted by atomic mass is 9.68. The third-order valence-electron chi connectivity index (χ3n) is 25.9. The summed E-state index contributed by atoms with van der Waals surface area (Å²) in [6, 6.07) is 9.54.